The number of imidazole rings is 1. The summed E-state index contributed by atoms with van der Waals surface area (Å²) in [6, 6.07) is 9.89. The molecule has 0 saturated heterocycles. The van der Waals surface area contributed by atoms with Crippen molar-refractivity contribution in [2.24, 2.45) is 7.05 Å². The second-order valence-corrected chi connectivity index (χ2v) is 6.48. The first-order valence-electron chi connectivity index (χ1n) is 8.40. The molecule has 0 saturated carbocycles. The van der Waals surface area contributed by atoms with Gasteiger partial charge in [-0.25, -0.2) is 9.37 Å². The van der Waals surface area contributed by atoms with Crippen LogP contribution in [0.25, 0.3) is 0 Å². The van der Waals surface area contributed by atoms with E-state index in [-0.39, 0.29) is 11.9 Å². The molecular formula is C20H21ClFN3O2. The largest absolute Gasteiger partial charge is 0.493 e. The fraction of sp³-hybridized carbons (Fsp3) is 0.250. The number of hydrogen-bond donors (Lipinski definition) is 1. The molecule has 7 heteroatoms. The Morgan fingerprint density at radius 3 is 2.52 bits per heavy atom. The first-order valence-corrected chi connectivity index (χ1v) is 8.77. The Bertz CT molecular complexity index is 912. The van der Waals surface area contributed by atoms with Crippen molar-refractivity contribution < 1.29 is 13.9 Å². The molecule has 0 bridgehead atoms. The van der Waals surface area contributed by atoms with Gasteiger partial charge in [0, 0.05) is 26.0 Å². The highest BCUT2D eigenvalue weighted by molar-refractivity contribution is 6.32. The van der Waals surface area contributed by atoms with E-state index < -0.39 is 0 Å². The Morgan fingerprint density at radius 2 is 1.93 bits per heavy atom. The molecule has 3 rings (SSSR count). The molecule has 27 heavy (non-hydrogen) atoms. The number of halogens is 2. The number of methoxy groups -OCH3 is 2. The minimum Gasteiger partial charge on any atom is -0.493 e. The predicted octanol–water partition coefficient (Wildman–Crippen LogP) is 4.11. The van der Waals surface area contributed by atoms with E-state index in [4.69, 9.17) is 21.1 Å². The Balaban J connectivity index is 1.88. The summed E-state index contributed by atoms with van der Waals surface area (Å²) in [4.78, 5) is 4.44. The zero-order chi connectivity index (χ0) is 19.4. The highest BCUT2D eigenvalue weighted by Crippen LogP contribution is 2.36. The van der Waals surface area contributed by atoms with Gasteiger partial charge in [0.2, 0.25) is 0 Å². The zero-order valence-electron chi connectivity index (χ0n) is 15.4. The number of nitrogens with one attached hydrogen (secondary N) is 1. The van der Waals surface area contributed by atoms with Gasteiger partial charge in [-0.15, -0.1) is 0 Å². The van der Waals surface area contributed by atoms with Crippen LogP contribution in [0.3, 0.4) is 0 Å². The summed E-state index contributed by atoms with van der Waals surface area (Å²) in [7, 11) is 5.04. The molecule has 0 radical (unpaired) electrons. The van der Waals surface area contributed by atoms with Gasteiger partial charge in [-0.1, -0.05) is 23.7 Å². The molecule has 0 unspecified atom stereocenters. The summed E-state index contributed by atoms with van der Waals surface area (Å²) >= 11 is 6.30. The Morgan fingerprint density at radius 1 is 1.19 bits per heavy atom. The van der Waals surface area contributed by atoms with Crippen LogP contribution in [-0.2, 0) is 13.6 Å². The van der Waals surface area contributed by atoms with Crippen molar-refractivity contribution >= 4 is 11.6 Å². The first kappa shape index (κ1) is 19.2. The summed E-state index contributed by atoms with van der Waals surface area (Å²) < 4.78 is 25.9. The molecule has 0 amide bonds. The van der Waals surface area contributed by atoms with E-state index in [1.807, 2.05) is 29.9 Å². The Kier molecular flexibility index (Phi) is 5.98. The zero-order valence-corrected chi connectivity index (χ0v) is 16.1. The third-order valence-electron chi connectivity index (χ3n) is 4.32. The molecule has 5 nitrogen and oxygen atoms in total. The lowest BCUT2D eigenvalue weighted by Crippen LogP contribution is -2.24. The average molecular weight is 390 g/mol. The van der Waals surface area contributed by atoms with Crippen molar-refractivity contribution in [1.29, 1.82) is 0 Å². The predicted molar refractivity (Wildman–Crippen MR) is 103 cm³/mol. The summed E-state index contributed by atoms with van der Waals surface area (Å²) in [6.07, 6.45) is 3.61. The molecule has 0 spiro atoms. The highest BCUT2D eigenvalue weighted by atomic mass is 35.5. The maximum absolute atomic E-state index is 13.3. The molecule has 0 aliphatic carbocycles. The Labute approximate surface area is 162 Å². The molecule has 2 aromatic carbocycles. The maximum atomic E-state index is 13.3. The Hall–Kier alpha value is -2.57. The van der Waals surface area contributed by atoms with Crippen molar-refractivity contribution in [1.82, 2.24) is 14.9 Å². The molecule has 1 N–H and O–H groups in total. The van der Waals surface area contributed by atoms with Gasteiger partial charge < -0.3 is 14.0 Å². The molecule has 142 valence electrons. The van der Waals surface area contributed by atoms with Crippen LogP contribution in [0.1, 0.15) is 23.0 Å². The van der Waals surface area contributed by atoms with Gasteiger partial charge in [0.15, 0.2) is 11.5 Å². The second kappa shape index (κ2) is 8.41. The van der Waals surface area contributed by atoms with E-state index in [0.717, 1.165) is 17.0 Å². The van der Waals surface area contributed by atoms with Crippen LogP contribution in [0, 0.1) is 5.82 Å². The number of hydrogen-bond acceptors (Lipinski definition) is 4. The number of rotatable bonds is 7. The topological polar surface area (TPSA) is 48.3 Å². The molecule has 1 heterocycles. The van der Waals surface area contributed by atoms with Crippen LogP contribution < -0.4 is 14.8 Å². The molecule has 3 aromatic rings. The van der Waals surface area contributed by atoms with E-state index >= 15 is 0 Å². The van der Waals surface area contributed by atoms with E-state index in [1.54, 1.807) is 32.5 Å². The van der Waals surface area contributed by atoms with Gasteiger partial charge in [0.1, 0.15) is 11.6 Å². The minimum atomic E-state index is -0.274. The van der Waals surface area contributed by atoms with Gasteiger partial charge in [0.25, 0.3) is 0 Å². The molecule has 0 fully saturated rings. The van der Waals surface area contributed by atoms with Crippen LogP contribution in [0.5, 0.6) is 11.5 Å². The molecule has 1 atom stereocenters. The lowest BCUT2D eigenvalue weighted by molar-refractivity contribution is 0.354. The van der Waals surface area contributed by atoms with Crippen molar-refractivity contribution in [2.75, 3.05) is 14.2 Å². The molecule has 0 aliphatic heterocycles. The summed E-state index contributed by atoms with van der Waals surface area (Å²) in [5, 5.41) is 3.95. The van der Waals surface area contributed by atoms with E-state index in [0.29, 0.717) is 23.1 Å². The van der Waals surface area contributed by atoms with Crippen molar-refractivity contribution in [3.05, 3.63) is 76.6 Å². The average Bonchev–Trinajstić information content (AvgIpc) is 3.08. The minimum absolute atomic E-state index is 0.211. The van der Waals surface area contributed by atoms with Crippen LogP contribution in [0.4, 0.5) is 4.39 Å². The first-order chi connectivity index (χ1) is 13.0. The van der Waals surface area contributed by atoms with Gasteiger partial charge in [-0.05, 0) is 35.4 Å². The van der Waals surface area contributed by atoms with Gasteiger partial charge >= 0.3 is 0 Å². The highest BCUT2D eigenvalue weighted by Gasteiger charge is 2.19. The number of ether oxygens (including phenoxy) is 2. The van der Waals surface area contributed by atoms with Crippen molar-refractivity contribution in [3.63, 3.8) is 0 Å². The van der Waals surface area contributed by atoms with Crippen LogP contribution in [0.2, 0.25) is 5.02 Å². The monoisotopic (exact) mass is 389 g/mol. The molecule has 1 aromatic heterocycles. The normalized spacial score (nSPS) is 12.0. The second-order valence-electron chi connectivity index (χ2n) is 6.07. The summed E-state index contributed by atoms with van der Waals surface area (Å²) in [5.41, 5.74) is 1.84. The van der Waals surface area contributed by atoms with Crippen LogP contribution >= 0.6 is 11.6 Å². The molecular weight excluding hydrogens is 369 g/mol. The maximum Gasteiger partial charge on any atom is 0.179 e. The fourth-order valence-corrected chi connectivity index (χ4v) is 3.27. The van der Waals surface area contributed by atoms with Crippen molar-refractivity contribution in [3.8, 4) is 11.5 Å². The van der Waals surface area contributed by atoms with Gasteiger partial charge in [-0.2, -0.15) is 0 Å². The quantitative estimate of drug-likeness (QED) is 0.660. The van der Waals surface area contributed by atoms with Crippen molar-refractivity contribution in [2.45, 2.75) is 12.6 Å². The smallest absolute Gasteiger partial charge is 0.179 e. The number of nitrogens with zero attached hydrogens (tertiary/aromatic N) is 2. The number of aromatic nitrogens is 2. The van der Waals surface area contributed by atoms with E-state index in [1.165, 1.54) is 12.1 Å². The SMILES string of the molecule is COc1cc(CN[C@@H](c2ccc(F)cc2)c2nccn2C)cc(Cl)c1OC. The number of aryl methyl sites for hydroxylation is 1. The summed E-state index contributed by atoms with van der Waals surface area (Å²) in [6.45, 7) is 0.509. The number of benzene rings is 2. The van der Waals surface area contributed by atoms with Crippen LogP contribution in [0.15, 0.2) is 48.8 Å². The van der Waals surface area contributed by atoms with Gasteiger partial charge in [-0.3, -0.25) is 5.32 Å². The fourth-order valence-electron chi connectivity index (χ4n) is 2.96. The standard InChI is InChI=1S/C20H21ClFN3O2/c1-25-9-8-23-20(25)18(14-4-6-15(22)7-5-14)24-12-13-10-16(21)19(27-3)17(11-13)26-2/h4-11,18,24H,12H2,1-3H3/t18-/m0/s1. The van der Waals surface area contributed by atoms with Crippen LogP contribution in [-0.4, -0.2) is 23.8 Å². The summed E-state index contributed by atoms with van der Waals surface area (Å²) in [5.74, 6) is 1.62. The lowest BCUT2D eigenvalue weighted by atomic mass is 10.1. The third kappa shape index (κ3) is 4.23. The van der Waals surface area contributed by atoms with E-state index in [2.05, 4.69) is 10.3 Å². The lowest BCUT2D eigenvalue weighted by Gasteiger charge is -2.20. The molecule has 0 aliphatic rings. The van der Waals surface area contributed by atoms with E-state index in [9.17, 15) is 4.39 Å². The van der Waals surface area contributed by atoms with Gasteiger partial charge in [0.05, 0.1) is 25.3 Å². The third-order valence-corrected chi connectivity index (χ3v) is 4.60.